The van der Waals surface area contributed by atoms with Gasteiger partial charge in [-0.25, -0.2) is 0 Å². The van der Waals surface area contributed by atoms with Gasteiger partial charge in [-0.1, -0.05) is 0 Å². The summed E-state index contributed by atoms with van der Waals surface area (Å²) in [5.74, 6) is -0.733. The number of primary amides is 1. The number of carbonyl (C=O) groups is 2. The van der Waals surface area contributed by atoms with Crippen molar-refractivity contribution in [2.75, 3.05) is 20.4 Å². The molecule has 74 valence electrons. The lowest BCUT2D eigenvalue weighted by atomic mass is 9.96. The lowest BCUT2D eigenvalue weighted by Crippen LogP contribution is -2.43. The number of ether oxygens (including phenoxy) is 1. The Bertz CT molecular complexity index is 217. The molecule has 13 heavy (non-hydrogen) atoms. The van der Waals surface area contributed by atoms with Crippen molar-refractivity contribution in [1.82, 2.24) is 4.90 Å². The van der Waals surface area contributed by atoms with Gasteiger partial charge in [-0.05, 0) is 6.42 Å². The van der Waals surface area contributed by atoms with E-state index in [0.29, 0.717) is 19.7 Å². The van der Waals surface area contributed by atoms with Crippen LogP contribution in [0.15, 0.2) is 0 Å². The van der Waals surface area contributed by atoms with Crippen LogP contribution in [0.3, 0.4) is 0 Å². The second-order valence-corrected chi connectivity index (χ2v) is 3.17. The average Bonchev–Trinajstić information content (AvgIpc) is 2.08. The van der Waals surface area contributed by atoms with E-state index in [1.165, 1.54) is 7.11 Å². The first-order chi connectivity index (χ1) is 6.15. The molecule has 0 aliphatic carbocycles. The molecule has 1 aliphatic rings. The van der Waals surface area contributed by atoms with Gasteiger partial charge in [0.25, 0.3) is 0 Å². The molecule has 1 aliphatic heterocycles. The Kier molecular flexibility index (Phi) is 3.25. The highest BCUT2D eigenvalue weighted by Gasteiger charge is 2.28. The highest BCUT2D eigenvalue weighted by molar-refractivity contribution is 5.85. The van der Waals surface area contributed by atoms with Gasteiger partial charge in [0, 0.05) is 26.0 Å². The van der Waals surface area contributed by atoms with Crippen molar-refractivity contribution in [3.8, 4) is 0 Å². The zero-order chi connectivity index (χ0) is 9.84. The number of nitrogens with zero attached hydrogens (tertiary/aromatic N) is 1. The third kappa shape index (κ3) is 2.42. The van der Waals surface area contributed by atoms with Gasteiger partial charge in [0.15, 0.2) is 0 Å². The maximum atomic E-state index is 11.3. The summed E-state index contributed by atoms with van der Waals surface area (Å²) in [6.07, 6.45) is 0.864. The minimum atomic E-state index is -0.384. The van der Waals surface area contributed by atoms with Crippen LogP contribution in [0.25, 0.3) is 0 Å². The first-order valence-electron chi connectivity index (χ1n) is 4.21. The molecule has 1 heterocycles. The molecule has 0 aromatic carbocycles. The Morgan fingerprint density at radius 3 is 2.92 bits per heavy atom. The summed E-state index contributed by atoms with van der Waals surface area (Å²) < 4.78 is 4.84. The zero-order valence-electron chi connectivity index (χ0n) is 7.66. The van der Waals surface area contributed by atoms with Crippen molar-refractivity contribution in [2.24, 2.45) is 11.7 Å². The number of amides is 2. The van der Waals surface area contributed by atoms with Crippen molar-refractivity contribution in [1.29, 1.82) is 0 Å². The molecule has 1 atom stereocenters. The monoisotopic (exact) mass is 186 g/mol. The molecule has 1 saturated heterocycles. The Morgan fingerprint density at radius 1 is 1.77 bits per heavy atom. The van der Waals surface area contributed by atoms with Gasteiger partial charge in [-0.2, -0.15) is 0 Å². The summed E-state index contributed by atoms with van der Waals surface area (Å²) in [7, 11) is 1.54. The third-order valence-electron chi connectivity index (χ3n) is 2.21. The van der Waals surface area contributed by atoms with Crippen LogP contribution in [-0.2, 0) is 14.3 Å². The van der Waals surface area contributed by atoms with Gasteiger partial charge in [-0.15, -0.1) is 0 Å². The predicted octanol–water partition coefficient (Wildman–Crippen LogP) is -0.686. The largest absolute Gasteiger partial charge is 0.369 e. The second kappa shape index (κ2) is 4.23. The van der Waals surface area contributed by atoms with Crippen molar-refractivity contribution >= 4 is 11.8 Å². The van der Waals surface area contributed by atoms with E-state index in [2.05, 4.69) is 0 Å². The molecule has 2 N–H and O–H groups in total. The lowest BCUT2D eigenvalue weighted by Gasteiger charge is -2.29. The number of rotatable bonds is 3. The van der Waals surface area contributed by atoms with Crippen molar-refractivity contribution in [3.05, 3.63) is 0 Å². The van der Waals surface area contributed by atoms with Gasteiger partial charge >= 0.3 is 0 Å². The fraction of sp³-hybridized carbons (Fsp3) is 0.750. The van der Waals surface area contributed by atoms with E-state index < -0.39 is 0 Å². The fourth-order valence-electron chi connectivity index (χ4n) is 1.41. The van der Waals surface area contributed by atoms with E-state index >= 15 is 0 Å². The molecular weight excluding hydrogens is 172 g/mol. The van der Waals surface area contributed by atoms with Crippen LogP contribution in [0, 0.1) is 5.92 Å². The molecule has 0 aromatic heterocycles. The highest BCUT2D eigenvalue weighted by atomic mass is 16.5. The van der Waals surface area contributed by atoms with Crippen LogP contribution >= 0.6 is 0 Å². The summed E-state index contributed by atoms with van der Waals surface area (Å²) in [6.45, 7) is 0.852. The lowest BCUT2D eigenvalue weighted by molar-refractivity contribution is -0.143. The van der Waals surface area contributed by atoms with Gasteiger partial charge in [0.2, 0.25) is 11.8 Å². The zero-order valence-corrected chi connectivity index (χ0v) is 7.66. The molecule has 5 nitrogen and oxygen atoms in total. The number of nitrogens with two attached hydrogens (primary N) is 1. The number of likely N-dealkylation sites (tertiary alicyclic amines) is 1. The summed E-state index contributed by atoms with van der Waals surface area (Å²) in [5, 5.41) is 0. The Hall–Kier alpha value is -1.10. The maximum absolute atomic E-state index is 11.3. The smallest absolute Gasteiger partial charge is 0.225 e. The van der Waals surface area contributed by atoms with Crippen LogP contribution in [0.4, 0.5) is 0 Å². The number of methoxy groups -OCH3 is 1. The maximum Gasteiger partial charge on any atom is 0.225 e. The normalized spacial score (nSPS) is 23.3. The van der Waals surface area contributed by atoms with Crippen LogP contribution in [0.2, 0.25) is 0 Å². The number of hydrogen-bond acceptors (Lipinski definition) is 3. The molecule has 0 bridgehead atoms. The molecule has 0 aromatic rings. The van der Waals surface area contributed by atoms with Crippen molar-refractivity contribution in [3.63, 3.8) is 0 Å². The highest BCUT2D eigenvalue weighted by Crippen LogP contribution is 2.17. The summed E-state index contributed by atoms with van der Waals surface area (Å²) in [4.78, 5) is 23.7. The second-order valence-electron chi connectivity index (χ2n) is 3.17. The van der Waals surface area contributed by atoms with E-state index in [4.69, 9.17) is 10.5 Å². The first-order valence-corrected chi connectivity index (χ1v) is 4.21. The third-order valence-corrected chi connectivity index (χ3v) is 2.21. The van der Waals surface area contributed by atoms with Crippen molar-refractivity contribution < 1.29 is 14.3 Å². The van der Waals surface area contributed by atoms with E-state index in [0.717, 1.165) is 0 Å². The SMILES string of the molecule is COCN1CCC(C(N)=O)CC1=O. The summed E-state index contributed by atoms with van der Waals surface area (Å²) in [6, 6.07) is 0. The molecule has 0 spiro atoms. The minimum Gasteiger partial charge on any atom is -0.369 e. The first kappa shape index (κ1) is 9.98. The predicted molar refractivity (Wildman–Crippen MR) is 45.5 cm³/mol. The molecule has 0 radical (unpaired) electrons. The van der Waals surface area contributed by atoms with Crippen LogP contribution in [0.5, 0.6) is 0 Å². The topological polar surface area (TPSA) is 72.6 Å². The summed E-state index contributed by atoms with van der Waals surface area (Å²) in [5.41, 5.74) is 5.11. The van der Waals surface area contributed by atoms with E-state index in [1.807, 2.05) is 0 Å². The minimum absolute atomic E-state index is 0.0584. The number of piperidine rings is 1. The van der Waals surface area contributed by atoms with Gasteiger partial charge < -0.3 is 15.4 Å². The number of carbonyl (C=O) groups excluding carboxylic acids is 2. The summed E-state index contributed by atoms with van der Waals surface area (Å²) >= 11 is 0. The molecule has 1 fully saturated rings. The van der Waals surface area contributed by atoms with E-state index in [9.17, 15) is 9.59 Å². The van der Waals surface area contributed by atoms with E-state index in [1.54, 1.807) is 4.90 Å². The molecule has 0 saturated carbocycles. The average molecular weight is 186 g/mol. The Morgan fingerprint density at radius 2 is 2.46 bits per heavy atom. The molecular formula is C8H14N2O3. The van der Waals surface area contributed by atoms with Gasteiger partial charge in [0.05, 0.1) is 0 Å². The number of hydrogen-bond donors (Lipinski definition) is 1. The molecule has 5 heteroatoms. The molecule has 1 unspecified atom stereocenters. The van der Waals surface area contributed by atoms with Crippen molar-refractivity contribution in [2.45, 2.75) is 12.8 Å². The van der Waals surface area contributed by atoms with Gasteiger partial charge in [-0.3, -0.25) is 9.59 Å². The fourth-order valence-corrected chi connectivity index (χ4v) is 1.41. The molecule has 1 rings (SSSR count). The van der Waals surface area contributed by atoms with Gasteiger partial charge in [0.1, 0.15) is 6.73 Å². The van der Waals surface area contributed by atoms with E-state index in [-0.39, 0.29) is 24.2 Å². The van der Waals surface area contributed by atoms with Crippen LogP contribution < -0.4 is 5.73 Å². The van der Waals surface area contributed by atoms with Crippen LogP contribution in [-0.4, -0.2) is 37.1 Å². The standard InChI is InChI=1S/C8H14N2O3/c1-13-5-10-3-2-6(8(9)12)4-7(10)11/h6H,2-5H2,1H3,(H2,9,12). The quantitative estimate of drug-likeness (QED) is 0.634. The Balaban J connectivity index is 2.46. The Labute approximate surface area is 76.8 Å². The van der Waals surface area contributed by atoms with Crippen LogP contribution in [0.1, 0.15) is 12.8 Å². The molecule has 2 amide bonds.